The summed E-state index contributed by atoms with van der Waals surface area (Å²) in [6.45, 7) is 8.85. The topological polar surface area (TPSA) is 47.0 Å². The van der Waals surface area contributed by atoms with E-state index in [0.717, 1.165) is 18.1 Å². The molecule has 1 aromatic carbocycles. The van der Waals surface area contributed by atoms with Crippen LogP contribution in [0.4, 0.5) is 5.82 Å². The van der Waals surface area contributed by atoms with Crippen molar-refractivity contribution in [3.63, 3.8) is 0 Å². The zero-order valence-corrected chi connectivity index (χ0v) is 11.8. The predicted molar refractivity (Wildman–Crippen MR) is 76.9 cm³/mol. The zero-order chi connectivity index (χ0) is 13.8. The van der Waals surface area contributed by atoms with Gasteiger partial charge in [-0.25, -0.2) is 4.98 Å². The summed E-state index contributed by atoms with van der Waals surface area (Å²) >= 11 is 0. The van der Waals surface area contributed by atoms with Crippen molar-refractivity contribution in [3.05, 3.63) is 41.2 Å². The van der Waals surface area contributed by atoms with Crippen LogP contribution in [0.5, 0.6) is 11.6 Å². The normalized spacial score (nSPS) is 10.3. The molecule has 0 saturated heterocycles. The molecule has 4 heteroatoms. The van der Waals surface area contributed by atoms with E-state index < -0.39 is 0 Å². The molecule has 19 heavy (non-hydrogen) atoms. The second-order valence-electron chi connectivity index (χ2n) is 4.52. The quantitative estimate of drug-likeness (QED) is 0.908. The Labute approximate surface area is 113 Å². The van der Waals surface area contributed by atoms with E-state index in [1.54, 1.807) is 0 Å². The lowest BCUT2D eigenvalue weighted by Gasteiger charge is -2.09. The summed E-state index contributed by atoms with van der Waals surface area (Å²) in [5.74, 6) is 2.83. The Morgan fingerprint density at radius 1 is 1.05 bits per heavy atom. The molecule has 1 heterocycles. The first-order valence-corrected chi connectivity index (χ1v) is 6.43. The highest BCUT2D eigenvalue weighted by Gasteiger charge is 2.04. The van der Waals surface area contributed by atoms with Crippen molar-refractivity contribution in [2.45, 2.75) is 27.7 Å². The number of aromatic nitrogens is 2. The van der Waals surface area contributed by atoms with Crippen molar-refractivity contribution in [2.24, 2.45) is 0 Å². The van der Waals surface area contributed by atoms with Gasteiger partial charge in [-0.2, -0.15) is 4.98 Å². The molecule has 1 N–H and O–H groups in total. The first-order chi connectivity index (χ1) is 9.08. The van der Waals surface area contributed by atoms with Gasteiger partial charge >= 0.3 is 0 Å². The second kappa shape index (κ2) is 5.69. The van der Waals surface area contributed by atoms with Crippen LogP contribution in [-0.2, 0) is 0 Å². The molecule has 0 radical (unpaired) electrons. The summed E-state index contributed by atoms with van der Waals surface area (Å²) in [7, 11) is 0. The number of hydrogen-bond acceptors (Lipinski definition) is 4. The van der Waals surface area contributed by atoms with Gasteiger partial charge in [-0.05, 0) is 51.0 Å². The number of aryl methyl sites for hydroxylation is 3. The van der Waals surface area contributed by atoms with Gasteiger partial charge in [-0.15, -0.1) is 0 Å². The van der Waals surface area contributed by atoms with Crippen LogP contribution in [0.15, 0.2) is 24.3 Å². The maximum atomic E-state index is 5.79. The van der Waals surface area contributed by atoms with Gasteiger partial charge in [0.05, 0.1) is 0 Å². The van der Waals surface area contributed by atoms with Crippen LogP contribution in [-0.4, -0.2) is 16.5 Å². The van der Waals surface area contributed by atoms with Crippen molar-refractivity contribution in [2.75, 3.05) is 11.9 Å². The number of anilines is 1. The molecule has 0 amide bonds. The van der Waals surface area contributed by atoms with E-state index in [1.807, 2.05) is 38.1 Å². The molecule has 0 saturated carbocycles. The second-order valence-corrected chi connectivity index (χ2v) is 4.52. The number of nitrogens with one attached hydrogen (secondary N) is 1. The third kappa shape index (κ3) is 3.44. The third-order valence-electron chi connectivity index (χ3n) is 2.87. The molecular formula is C15H19N3O. The molecule has 0 atom stereocenters. The van der Waals surface area contributed by atoms with E-state index in [2.05, 4.69) is 29.1 Å². The molecule has 2 aromatic rings. The smallest absolute Gasteiger partial charge is 0.224 e. The SMILES string of the molecule is CCNc1cc(Oc2ccc(C)c(C)c2)nc(C)n1. The monoisotopic (exact) mass is 257 g/mol. The molecule has 0 bridgehead atoms. The Hall–Kier alpha value is -2.10. The molecule has 2 rings (SSSR count). The molecule has 0 unspecified atom stereocenters. The van der Waals surface area contributed by atoms with Crippen molar-refractivity contribution in [1.29, 1.82) is 0 Å². The van der Waals surface area contributed by atoms with Crippen molar-refractivity contribution >= 4 is 5.82 Å². The fourth-order valence-electron chi connectivity index (χ4n) is 1.76. The van der Waals surface area contributed by atoms with E-state index in [0.29, 0.717) is 11.7 Å². The Morgan fingerprint density at radius 3 is 2.53 bits per heavy atom. The molecule has 0 fully saturated rings. The van der Waals surface area contributed by atoms with Gasteiger partial charge in [-0.1, -0.05) is 6.07 Å². The molecule has 1 aromatic heterocycles. The summed E-state index contributed by atoms with van der Waals surface area (Å²) in [5.41, 5.74) is 2.45. The van der Waals surface area contributed by atoms with Crippen molar-refractivity contribution in [1.82, 2.24) is 9.97 Å². The highest BCUT2D eigenvalue weighted by molar-refractivity contribution is 5.41. The fourth-order valence-corrected chi connectivity index (χ4v) is 1.76. The summed E-state index contributed by atoms with van der Waals surface area (Å²) in [5, 5.41) is 3.16. The van der Waals surface area contributed by atoms with E-state index in [9.17, 15) is 0 Å². The molecule has 0 spiro atoms. The molecule has 4 nitrogen and oxygen atoms in total. The summed E-state index contributed by atoms with van der Waals surface area (Å²) in [6.07, 6.45) is 0. The highest BCUT2D eigenvalue weighted by Crippen LogP contribution is 2.23. The van der Waals surface area contributed by atoms with Crippen LogP contribution in [0.25, 0.3) is 0 Å². The lowest BCUT2D eigenvalue weighted by Crippen LogP contribution is -2.02. The number of rotatable bonds is 4. The summed E-state index contributed by atoms with van der Waals surface area (Å²) in [6, 6.07) is 7.82. The standard InChI is InChI=1S/C15H19N3O/c1-5-16-14-9-15(18-12(4)17-14)19-13-7-6-10(2)11(3)8-13/h6-9H,5H2,1-4H3,(H,16,17,18). The van der Waals surface area contributed by atoms with E-state index in [4.69, 9.17) is 4.74 Å². The minimum absolute atomic E-state index is 0.562. The lowest BCUT2D eigenvalue weighted by atomic mass is 10.1. The molecule has 0 aliphatic heterocycles. The van der Waals surface area contributed by atoms with Gasteiger partial charge in [0.2, 0.25) is 5.88 Å². The Balaban J connectivity index is 2.24. The highest BCUT2D eigenvalue weighted by atomic mass is 16.5. The molecule has 0 aliphatic carbocycles. The maximum absolute atomic E-state index is 5.79. The zero-order valence-electron chi connectivity index (χ0n) is 11.8. The third-order valence-corrected chi connectivity index (χ3v) is 2.87. The van der Waals surface area contributed by atoms with E-state index in [-0.39, 0.29) is 0 Å². The largest absolute Gasteiger partial charge is 0.439 e. The Morgan fingerprint density at radius 2 is 1.84 bits per heavy atom. The minimum atomic E-state index is 0.562. The first-order valence-electron chi connectivity index (χ1n) is 6.43. The maximum Gasteiger partial charge on any atom is 0.224 e. The molecular weight excluding hydrogens is 238 g/mol. The predicted octanol–water partition coefficient (Wildman–Crippen LogP) is 3.63. The van der Waals surface area contributed by atoms with Gasteiger partial charge < -0.3 is 10.1 Å². The number of hydrogen-bond donors (Lipinski definition) is 1. The van der Waals surface area contributed by atoms with Crippen LogP contribution in [0.2, 0.25) is 0 Å². The van der Waals surface area contributed by atoms with Crippen molar-refractivity contribution < 1.29 is 4.74 Å². The van der Waals surface area contributed by atoms with Crippen LogP contribution >= 0.6 is 0 Å². The van der Waals surface area contributed by atoms with Crippen LogP contribution < -0.4 is 10.1 Å². The minimum Gasteiger partial charge on any atom is -0.439 e. The average molecular weight is 257 g/mol. The Kier molecular flexibility index (Phi) is 4.00. The number of benzene rings is 1. The summed E-state index contributed by atoms with van der Waals surface area (Å²) in [4.78, 5) is 8.58. The number of ether oxygens (including phenoxy) is 1. The molecule has 100 valence electrons. The molecule has 0 aliphatic rings. The Bertz CT molecular complexity index is 582. The van der Waals surface area contributed by atoms with Crippen LogP contribution in [0, 0.1) is 20.8 Å². The van der Waals surface area contributed by atoms with Gasteiger partial charge in [0.25, 0.3) is 0 Å². The van der Waals surface area contributed by atoms with Crippen LogP contribution in [0.3, 0.4) is 0 Å². The van der Waals surface area contributed by atoms with Gasteiger partial charge in [0.1, 0.15) is 17.4 Å². The average Bonchev–Trinajstić information content (AvgIpc) is 2.33. The summed E-state index contributed by atoms with van der Waals surface area (Å²) < 4.78 is 5.79. The first kappa shape index (κ1) is 13.3. The fraction of sp³-hybridized carbons (Fsp3) is 0.333. The van der Waals surface area contributed by atoms with E-state index >= 15 is 0 Å². The van der Waals surface area contributed by atoms with Crippen LogP contribution in [0.1, 0.15) is 23.9 Å². The van der Waals surface area contributed by atoms with Crippen molar-refractivity contribution in [3.8, 4) is 11.6 Å². The van der Waals surface area contributed by atoms with E-state index in [1.165, 1.54) is 11.1 Å². The van der Waals surface area contributed by atoms with Gasteiger partial charge in [-0.3, -0.25) is 0 Å². The van der Waals surface area contributed by atoms with Gasteiger partial charge in [0, 0.05) is 12.6 Å². The van der Waals surface area contributed by atoms with Gasteiger partial charge in [0.15, 0.2) is 0 Å². The lowest BCUT2D eigenvalue weighted by molar-refractivity contribution is 0.459. The number of nitrogens with zero attached hydrogens (tertiary/aromatic N) is 2.